The molecule has 0 aliphatic heterocycles. The highest BCUT2D eigenvalue weighted by Gasteiger charge is 2.51. The number of esters is 1. The monoisotopic (exact) mass is 390 g/mol. The number of fused-ring (bicyclic) bond motifs is 1. The van der Waals surface area contributed by atoms with E-state index in [4.69, 9.17) is 4.74 Å². The molecular formula is C17H19BrN4O2. The Hall–Kier alpha value is -1.50. The number of hydrogen-bond donors (Lipinski definition) is 0. The first kappa shape index (κ1) is 14.8. The number of hydrogen-bond acceptors (Lipinski definition) is 5. The summed E-state index contributed by atoms with van der Waals surface area (Å²) in [6.45, 7) is 0.516. The average molecular weight is 391 g/mol. The first-order chi connectivity index (χ1) is 11.6. The number of aromatic nitrogens is 4. The number of rotatable bonds is 3. The van der Waals surface area contributed by atoms with Crippen molar-refractivity contribution in [3.63, 3.8) is 0 Å². The van der Waals surface area contributed by atoms with Crippen molar-refractivity contribution in [2.75, 3.05) is 6.61 Å². The third-order valence-corrected chi connectivity index (χ3v) is 6.43. The van der Waals surface area contributed by atoms with E-state index >= 15 is 0 Å². The van der Waals surface area contributed by atoms with E-state index in [9.17, 15) is 4.79 Å². The second-order valence-corrected chi connectivity index (χ2v) is 8.86. The predicted molar refractivity (Wildman–Crippen MR) is 89.4 cm³/mol. The molecule has 0 atom stereocenters. The van der Waals surface area contributed by atoms with Crippen LogP contribution in [0, 0.1) is 23.2 Å². The molecule has 4 aliphatic carbocycles. The highest BCUT2D eigenvalue weighted by atomic mass is 79.9. The van der Waals surface area contributed by atoms with Gasteiger partial charge in [-0.15, -0.1) is 5.10 Å². The Labute approximate surface area is 148 Å². The molecule has 4 fully saturated rings. The van der Waals surface area contributed by atoms with Crippen LogP contribution in [0.1, 0.15) is 49.1 Å². The van der Waals surface area contributed by atoms with Crippen molar-refractivity contribution in [1.29, 1.82) is 0 Å². The fourth-order valence-corrected chi connectivity index (χ4v) is 5.89. The van der Waals surface area contributed by atoms with Crippen LogP contribution in [0.2, 0.25) is 0 Å². The molecule has 6 rings (SSSR count). The molecule has 0 aromatic carbocycles. The molecule has 2 aromatic heterocycles. The summed E-state index contributed by atoms with van der Waals surface area (Å²) in [6, 6.07) is 0. The molecule has 0 N–H and O–H groups in total. The fraction of sp³-hybridized carbons (Fsp3) is 0.647. The molecule has 24 heavy (non-hydrogen) atoms. The zero-order chi connectivity index (χ0) is 16.3. The van der Waals surface area contributed by atoms with E-state index in [2.05, 4.69) is 31.0 Å². The van der Waals surface area contributed by atoms with Gasteiger partial charge in [-0.25, -0.2) is 14.3 Å². The minimum Gasteiger partial charge on any atom is -0.459 e. The Morgan fingerprint density at radius 3 is 2.58 bits per heavy atom. The van der Waals surface area contributed by atoms with Crippen molar-refractivity contribution in [2.45, 2.75) is 38.5 Å². The molecule has 2 heterocycles. The minimum absolute atomic E-state index is 0.0883. The van der Waals surface area contributed by atoms with Crippen molar-refractivity contribution >= 4 is 27.7 Å². The standard InChI is InChI=1S/C17H19BrN4O2/c18-13-7-19-16-20-14(21-22(16)8-13)15(23)24-9-17-4-10-1-11(5-17)3-12(2-10)6-17/h7-8,10-12H,1-6,9H2. The highest BCUT2D eigenvalue weighted by molar-refractivity contribution is 9.10. The summed E-state index contributed by atoms with van der Waals surface area (Å²) in [5.41, 5.74) is 0.213. The SMILES string of the molecule is O=C(OCC12CC3CC(CC(C3)C1)C2)c1nc2ncc(Br)cn2n1. The first-order valence-electron chi connectivity index (χ1n) is 8.64. The number of ether oxygens (including phenoxy) is 1. The summed E-state index contributed by atoms with van der Waals surface area (Å²) in [5.74, 6) is 2.61. The van der Waals surface area contributed by atoms with E-state index < -0.39 is 5.97 Å². The van der Waals surface area contributed by atoms with E-state index in [1.54, 1.807) is 12.4 Å². The van der Waals surface area contributed by atoms with Crippen LogP contribution in [0.4, 0.5) is 0 Å². The maximum atomic E-state index is 12.4. The molecule has 0 radical (unpaired) electrons. The van der Waals surface area contributed by atoms with Crippen LogP contribution in [-0.2, 0) is 4.74 Å². The summed E-state index contributed by atoms with van der Waals surface area (Å²) < 4.78 is 7.93. The molecule has 7 heteroatoms. The van der Waals surface area contributed by atoms with E-state index in [1.807, 2.05) is 0 Å². The fourth-order valence-electron chi connectivity index (χ4n) is 5.60. The Kier molecular flexibility index (Phi) is 3.24. The Balaban J connectivity index is 1.31. The molecule has 4 aliphatic rings. The van der Waals surface area contributed by atoms with Crippen LogP contribution in [0.5, 0.6) is 0 Å². The molecule has 0 unspecified atom stereocenters. The number of carbonyl (C=O) groups excluding carboxylic acids is 1. The van der Waals surface area contributed by atoms with Gasteiger partial charge in [-0.1, -0.05) is 0 Å². The van der Waals surface area contributed by atoms with E-state index in [1.165, 1.54) is 43.0 Å². The van der Waals surface area contributed by atoms with Gasteiger partial charge in [0.1, 0.15) is 0 Å². The summed E-state index contributed by atoms with van der Waals surface area (Å²) in [4.78, 5) is 20.7. The number of halogens is 1. The average Bonchev–Trinajstić information content (AvgIpc) is 2.94. The van der Waals surface area contributed by atoms with Gasteiger partial charge >= 0.3 is 5.97 Å². The molecule has 126 valence electrons. The van der Waals surface area contributed by atoms with Crippen LogP contribution < -0.4 is 0 Å². The summed E-state index contributed by atoms with van der Waals surface area (Å²) in [7, 11) is 0. The highest BCUT2D eigenvalue weighted by Crippen LogP contribution is 2.60. The lowest BCUT2D eigenvalue weighted by molar-refractivity contribution is -0.0850. The molecule has 6 nitrogen and oxygen atoms in total. The van der Waals surface area contributed by atoms with Gasteiger partial charge < -0.3 is 4.74 Å². The van der Waals surface area contributed by atoms with Gasteiger partial charge in [-0.3, -0.25) is 0 Å². The molecule has 4 bridgehead atoms. The normalized spacial score (nSPS) is 34.0. The second-order valence-electron chi connectivity index (χ2n) is 7.95. The molecule has 0 saturated heterocycles. The number of nitrogens with zero attached hydrogens (tertiary/aromatic N) is 4. The van der Waals surface area contributed by atoms with Gasteiger partial charge in [0, 0.05) is 17.8 Å². The lowest BCUT2D eigenvalue weighted by atomic mass is 9.50. The quantitative estimate of drug-likeness (QED) is 0.752. The lowest BCUT2D eigenvalue weighted by Gasteiger charge is -2.56. The topological polar surface area (TPSA) is 69.4 Å². The Morgan fingerprint density at radius 1 is 1.25 bits per heavy atom. The third-order valence-electron chi connectivity index (χ3n) is 6.02. The van der Waals surface area contributed by atoms with Gasteiger partial charge in [-0.05, 0) is 72.2 Å². The van der Waals surface area contributed by atoms with Crippen LogP contribution in [0.3, 0.4) is 0 Å². The third kappa shape index (κ3) is 2.44. The van der Waals surface area contributed by atoms with Crippen LogP contribution >= 0.6 is 15.9 Å². The largest absolute Gasteiger partial charge is 0.459 e. The Morgan fingerprint density at radius 2 is 1.92 bits per heavy atom. The van der Waals surface area contributed by atoms with Crippen molar-refractivity contribution in [3.05, 3.63) is 22.7 Å². The van der Waals surface area contributed by atoms with E-state index in [0.717, 1.165) is 22.2 Å². The lowest BCUT2D eigenvalue weighted by Crippen LogP contribution is -2.48. The van der Waals surface area contributed by atoms with Crippen LogP contribution in [-0.4, -0.2) is 32.2 Å². The molecule has 0 spiro atoms. The van der Waals surface area contributed by atoms with Gasteiger partial charge in [0.05, 0.1) is 11.1 Å². The zero-order valence-electron chi connectivity index (χ0n) is 13.3. The molecule has 2 aromatic rings. The van der Waals surface area contributed by atoms with Crippen LogP contribution in [0.15, 0.2) is 16.9 Å². The molecular weight excluding hydrogens is 372 g/mol. The molecule has 4 saturated carbocycles. The van der Waals surface area contributed by atoms with E-state index in [-0.39, 0.29) is 11.2 Å². The van der Waals surface area contributed by atoms with Gasteiger partial charge in [0.2, 0.25) is 0 Å². The van der Waals surface area contributed by atoms with Gasteiger partial charge in [-0.2, -0.15) is 4.98 Å². The van der Waals surface area contributed by atoms with Gasteiger partial charge in [0.25, 0.3) is 11.6 Å². The second kappa shape index (κ2) is 5.25. The van der Waals surface area contributed by atoms with Crippen molar-refractivity contribution in [3.8, 4) is 0 Å². The molecule has 0 amide bonds. The summed E-state index contributed by atoms with van der Waals surface area (Å²) in [5, 5.41) is 4.18. The van der Waals surface area contributed by atoms with Crippen LogP contribution in [0.25, 0.3) is 5.78 Å². The summed E-state index contributed by atoms with van der Waals surface area (Å²) in [6.07, 6.45) is 11.2. The maximum Gasteiger partial charge on any atom is 0.378 e. The minimum atomic E-state index is -0.438. The number of carbonyl (C=O) groups is 1. The van der Waals surface area contributed by atoms with Gasteiger partial charge in [0.15, 0.2) is 0 Å². The predicted octanol–water partition coefficient (Wildman–Crippen LogP) is 3.26. The summed E-state index contributed by atoms with van der Waals surface area (Å²) >= 11 is 3.33. The maximum absolute atomic E-state index is 12.4. The smallest absolute Gasteiger partial charge is 0.378 e. The van der Waals surface area contributed by atoms with Crippen molar-refractivity contribution in [1.82, 2.24) is 19.6 Å². The van der Waals surface area contributed by atoms with Crippen molar-refractivity contribution in [2.24, 2.45) is 23.2 Å². The zero-order valence-corrected chi connectivity index (χ0v) is 14.9. The Bertz CT molecular complexity index is 783. The van der Waals surface area contributed by atoms with E-state index in [0.29, 0.717) is 12.4 Å². The van der Waals surface area contributed by atoms with Crippen molar-refractivity contribution < 1.29 is 9.53 Å². The first-order valence-corrected chi connectivity index (χ1v) is 9.43.